The van der Waals surface area contributed by atoms with Crippen LogP contribution in [0.15, 0.2) is 52.7 Å². The van der Waals surface area contributed by atoms with Gasteiger partial charge in [0, 0.05) is 85.5 Å². The monoisotopic (exact) mass is 658 g/mol. The maximum absolute atomic E-state index is 15.0. The van der Waals surface area contributed by atoms with E-state index in [-0.39, 0.29) is 66.0 Å². The SMILES string of the molecule is C=CC(=O)N1[C@H](C)CN(c2nc(=O)n3c4c(c(-c5ccc(F)cc5)c(C(F)(F)F)cc24)SCC(N2CCN(CC)CC2)C3)C[C@@H]1C. The number of alkyl halides is 3. The Labute approximate surface area is 269 Å². The average Bonchev–Trinajstić information content (AvgIpc) is 3.23. The molecular weight excluding hydrogens is 620 g/mol. The summed E-state index contributed by atoms with van der Waals surface area (Å²) in [7, 11) is 0. The van der Waals surface area contributed by atoms with Gasteiger partial charge in [-0.1, -0.05) is 25.6 Å². The second-order valence-corrected chi connectivity index (χ2v) is 13.4. The Hall–Kier alpha value is -3.42. The molecule has 2 fully saturated rings. The Balaban J connectivity index is 1.56. The Morgan fingerprint density at radius 1 is 1.07 bits per heavy atom. The third kappa shape index (κ3) is 5.93. The van der Waals surface area contributed by atoms with Crippen LogP contribution in [0, 0.1) is 5.82 Å². The van der Waals surface area contributed by atoms with Gasteiger partial charge in [-0.3, -0.25) is 14.3 Å². The molecule has 0 N–H and O–H groups in total. The molecule has 8 nitrogen and oxygen atoms in total. The number of nitrogens with zero attached hydrogens (tertiary/aromatic N) is 6. The van der Waals surface area contributed by atoms with Crippen molar-refractivity contribution in [2.24, 2.45) is 0 Å². The number of carbonyl (C=O) groups is 1. The van der Waals surface area contributed by atoms with Gasteiger partial charge >= 0.3 is 11.9 Å². The van der Waals surface area contributed by atoms with Crippen molar-refractivity contribution in [2.75, 3.05) is 56.5 Å². The van der Waals surface area contributed by atoms with E-state index in [2.05, 4.69) is 28.3 Å². The quantitative estimate of drug-likeness (QED) is 0.284. The largest absolute Gasteiger partial charge is 0.417 e. The predicted octanol–water partition coefficient (Wildman–Crippen LogP) is 4.94. The van der Waals surface area contributed by atoms with Crippen molar-refractivity contribution in [2.45, 2.75) is 56.5 Å². The summed E-state index contributed by atoms with van der Waals surface area (Å²) in [6.07, 6.45) is -3.49. The lowest BCUT2D eigenvalue weighted by Crippen LogP contribution is -2.58. The fourth-order valence-corrected chi connectivity index (χ4v) is 8.62. The maximum atomic E-state index is 15.0. The van der Waals surface area contributed by atoms with Crippen LogP contribution in [-0.4, -0.2) is 99.8 Å². The lowest BCUT2D eigenvalue weighted by molar-refractivity contribution is -0.137. The Morgan fingerprint density at radius 2 is 1.72 bits per heavy atom. The number of rotatable bonds is 5. The van der Waals surface area contributed by atoms with Crippen LogP contribution in [0.2, 0.25) is 0 Å². The van der Waals surface area contributed by atoms with Gasteiger partial charge in [-0.2, -0.15) is 18.2 Å². The van der Waals surface area contributed by atoms with Crippen LogP contribution in [0.5, 0.6) is 0 Å². The minimum absolute atomic E-state index is 0.0603. The van der Waals surface area contributed by atoms with Crippen LogP contribution in [0.1, 0.15) is 26.3 Å². The molecule has 0 saturated carbocycles. The number of aromatic nitrogens is 2. The summed E-state index contributed by atoms with van der Waals surface area (Å²) in [6.45, 7) is 14.6. The molecule has 1 aromatic heterocycles. The van der Waals surface area contributed by atoms with E-state index in [0.717, 1.165) is 50.9 Å². The normalized spacial score (nSPS) is 23.1. The van der Waals surface area contributed by atoms with E-state index in [1.807, 2.05) is 18.7 Å². The zero-order valence-corrected chi connectivity index (χ0v) is 27.0. The molecule has 1 unspecified atom stereocenters. The highest BCUT2D eigenvalue weighted by molar-refractivity contribution is 7.99. The molecule has 0 radical (unpaired) electrons. The Kier molecular flexibility index (Phi) is 8.94. The van der Waals surface area contributed by atoms with Gasteiger partial charge in [0.1, 0.15) is 11.6 Å². The smallest absolute Gasteiger partial charge is 0.352 e. The average molecular weight is 659 g/mol. The summed E-state index contributed by atoms with van der Waals surface area (Å²) in [5, 5.41) is 0.236. The first-order valence-electron chi connectivity index (χ1n) is 15.6. The van der Waals surface area contributed by atoms with Gasteiger partial charge in [-0.15, -0.1) is 11.8 Å². The van der Waals surface area contributed by atoms with Gasteiger partial charge in [-0.25, -0.2) is 9.18 Å². The highest BCUT2D eigenvalue weighted by atomic mass is 32.2. The molecule has 46 heavy (non-hydrogen) atoms. The van der Waals surface area contributed by atoms with Crippen molar-refractivity contribution in [3.8, 4) is 11.1 Å². The van der Waals surface area contributed by atoms with E-state index in [1.165, 1.54) is 30.0 Å². The third-order valence-electron chi connectivity index (χ3n) is 9.47. The summed E-state index contributed by atoms with van der Waals surface area (Å²) in [5.74, 6) is -0.132. The summed E-state index contributed by atoms with van der Waals surface area (Å²) < 4.78 is 60.6. The lowest BCUT2D eigenvalue weighted by Gasteiger charge is -2.44. The van der Waals surface area contributed by atoms with E-state index >= 15 is 13.2 Å². The van der Waals surface area contributed by atoms with Crippen LogP contribution in [-0.2, 0) is 17.5 Å². The van der Waals surface area contributed by atoms with Crippen molar-refractivity contribution in [3.05, 3.63) is 64.9 Å². The summed E-state index contributed by atoms with van der Waals surface area (Å²) >= 11 is 1.32. The van der Waals surface area contributed by atoms with Gasteiger partial charge in [0.2, 0.25) is 5.91 Å². The molecular formula is C33H38F4N6O2S. The van der Waals surface area contributed by atoms with Crippen LogP contribution in [0.25, 0.3) is 22.0 Å². The highest BCUT2D eigenvalue weighted by Gasteiger charge is 2.40. The molecule has 0 spiro atoms. The van der Waals surface area contributed by atoms with Crippen molar-refractivity contribution in [1.29, 1.82) is 0 Å². The molecule has 13 heteroatoms. The van der Waals surface area contributed by atoms with Gasteiger partial charge in [-0.05, 0) is 50.2 Å². The lowest BCUT2D eigenvalue weighted by atomic mass is 9.96. The molecule has 0 bridgehead atoms. The molecule has 3 aliphatic rings. The number of benzene rings is 2. The number of halogens is 4. The first kappa shape index (κ1) is 32.5. The van der Waals surface area contributed by atoms with Gasteiger partial charge in [0.15, 0.2) is 0 Å². The zero-order valence-electron chi connectivity index (χ0n) is 26.2. The first-order chi connectivity index (χ1) is 21.9. The Bertz CT molecular complexity index is 1690. The maximum Gasteiger partial charge on any atom is 0.417 e. The molecule has 246 valence electrons. The predicted molar refractivity (Wildman–Crippen MR) is 173 cm³/mol. The van der Waals surface area contributed by atoms with Crippen molar-refractivity contribution < 1.29 is 22.4 Å². The highest BCUT2D eigenvalue weighted by Crippen LogP contribution is 2.48. The van der Waals surface area contributed by atoms with Gasteiger partial charge in [0.25, 0.3) is 0 Å². The number of hydrogen-bond acceptors (Lipinski definition) is 7. The number of hydrogen-bond donors (Lipinski definition) is 0. The number of amides is 1. The van der Waals surface area contributed by atoms with Crippen LogP contribution >= 0.6 is 11.8 Å². The fraction of sp³-hybridized carbons (Fsp3) is 0.485. The summed E-state index contributed by atoms with van der Waals surface area (Å²) in [4.78, 5) is 39.6. The molecule has 1 amide bonds. The number of likely N-dealkylation sites (N-methyl/N-ethyl adjacent to an activating group) is 1. The minimum atomic E-state index is -4.74. The zero-order chi connectivity index (χ0) is 32.9. The standard InChI is InChI=1S/C33H38F4N6O2S/c1-5-27(44)43-20(3)16-41(17-21(43)4)31-25-15-26(33(35,36)37)28(22-7-9-23(34)10-8-22)30-29(25)42(32(45)38-31)18-24(19-46-30)40-13-11-39(6-2)12-14-40/h5,7-10,15,20-21,24H,1,6,11-14,16-19H2,2-4H3/t20-,21+,24?. The second-order valence-electron chi connectivity index (χ2n) is 12.3. The molecule has 3 aromatic rings. The van der Waals surface area contributed by atoms with E-state index in [0.29, 0.717) is 16.2 Å². The molecule has 3 aliphatic heterocycles. The van der Waals surface area contributed by atoms with Crippen LogP contribution in [0.3, 0.4) is 0 Å². The molecule has 0 aliphatic carbocycles. The molecule has 6 rings (SSSR count). The molecule has 2 saturated heterocycles. The molecule has 4 heterocycles. The summed E-state index contributed by atoms with van der Waals surface area (Å²) in [6, 6.07) is 5.43. The fourth-order valence-electron chi connectivity index (χ4n) is 7.21. The Morgan fingerprint density at radius 3 is 2.30 bits per heavy atom. The van der Waals surface area contributed by atoms with E-state index < -0.39 is 23.2 Å². The first-order valence-corrected chi connectivity index (χ1v) is 16.6. The summed E-state index contributed by atoms with van der Waals surface area (Å²) in [5.41, 5.74) is -0.816. The number of thioether (sulfide) groups is 1. The van der Waals surface area contributed by atoms with Gasteiger partial charge < -0.3 is 14.7 Å². The molecule has 3 atom stereocenters. The third-order valence-corrected chi connectivity index (χ3v) is 10.7. The number of carbonyl (C=O) groups excluding carboxylic acids is 1. The van der Waals surface area contributed by atoms with Crippen LogP contribution in [0.4, 0.5) is 23.4 Å². The van der Waals surface area contributed by atoms with Crippen LogP contribution < -0.4 is 10.6 Å². The van der Waals surface area contributed by atoms with E-state index in [9.17, 15) is 14.0 Å². The second kappa shape index (κ2) is 12.6. The van der Waals surface area contributed by atoms with Crippen molar-refractivity contribution in [1.82, 2.24) is 24.3 Å². The van der Waals surface area contributed by atoms with E-state index in [4.69, 9.17) is 0 Å². The molecule has 2 aromatic carbocycles. The number of piperazine rings is 2. The van der Waals surface area contributed by atoms with Crippen molar-refractivity contribution in [3.63, 3.8) is 0 Å². The number of anilines is 1. The van der Waals surface area contributed by atoms with E-state index in [1.54, 1.807) is 9.47 Å². The van der Waals surface area contributed by atoms with Crippen molar-refractivity contribution >= 4 is 34.4 Å². The minimum Gasteiger partial charge on any atom is -0.352 e. The topological polar surface area (TPSA) is 64.9 Å². The van der Waals surface area contributed by atoms with Gasteiger partial charge in [0.05, 0.1) is 11.1 Å².